The maximum atomic E-state index is 10.8. The molecule has 0 heterocycles. The minimum atomic E-state index is -0.418. The van der Waals surface area contributed by atoms with Crippen molar-refractivity contribution < 1.29 is 10.2 Å². The summed E-state index contributed by atoms with van der Waals surface area (Å²) < 4.78 is 0. The fourth-order valence-electron chi connectivity index (χ4n) is 5.95. The van der Waals surface area contributed by atoms with Gasteiger partial charge in [0.05, 0.1) is 12.2 Å². The molecule has 0 amide bonds. The molecule has 3 heteroatoms. The maximum Gasteiger partial charge on any atom is 0.0761 e. The van der Waals surface area contributed by atoms with E-state index in [1.807, 2.05) is 18.2 Å². The standard InChI is InChI=1S/C19H27NO2/c1-18-7-5-12(20)9-11(18)10-15(21)17-13-3-4-16(22)19(13,2)8-6-14(17)18/h5,7,9-10,13-17,21-22H,3-4,6,8,20H2,1-2H3/t13-,14-,15-,16?,17-,18-,19-/m0/s1. The fourth-order valence-corrected chi connectivity index (χ4v) is 5.95. The molecule has 2 saturated carbocycles. The average molecular weight is 301 g/mol. The van der Waals surface area contributed by atoms with Crippen LogP contribution in [0.4, 0.5) is 0 Å². The number of rotatable bonds is 0. The van der Waals surface area contributed by atoms with Crippen molar-refractivity contribution in [2.45, 2.75) is 51.7 Å². The molecule has 0 radical (unpaired) electrons. The predicted octanol–water partition coefficient (Wildman–Crippen LogP) is 2.51. The zero-order valence-corrected chi connectivity index (χ0v) is 13.5. The Morgan fingerprint density at radius 1 is 1.14 bits per heavy atom. The minimum Gasteiger partial charge on any atom is -0.399 e. The molecule has 0 bridgehead atoms. The predicted molar refractivity (Wildman–Crippen MR) is 86.7 cm³/mol. The number of fused-ring (bicyclic) bond motifs is 5. The van der Waals surface area contributed by atoms with Crippen LogP contribution in [0, 0.1) is 28.6 Å². The molecule has 0 spiro atoms. The summed E-state index contributed by atoms with van der Waals surface area (Å²) in [6, 6.07) is 0. The van der Waals surface area contributed by atoms with Crippen LogP contribution in [0.2, 0.25) is 0 Å². The van der Waals surface area contributed by atoms with E-state index >= 15 is 0 Å². The number of hydrogen-bond acceptors (Lipinski definition) is 3. The normalized spacial score (nSPS) is 53.2. The molecule has 0 aliphatic heterocycles. The molecule has 4 aliphatic rings. The quantitative estimate of drug-likeness (QED) is 0.644. The van der Waals surface area contributed by atoms with E-state index < -0.39 is 6.10 Å². The highest BCUT2D eigenvalue weighted by Gasteiger charge is 2.59. The van der Waals surface area contributed by atoms with Gasteiger partial charge in [0.1, 0.15) is 0 Å². The Kier molecular flexibility index (Phi) is 2.96. The molecular formula is C19H27NO2. The smallest absolute Gasteiger partial charge is 0.0761 e. The second kappa shape index (κ2) is 4.48. The van der Waals surface area contributed by atoms with Gasteiger partial charge in [0.2, 0.25) is 0 Å². The van der Waals surface area contributed by atoms with Crippen LogP contribution in [-0.4, -0.2) is 22.4 Å². The first-order valence-electron chi connectivity index (χ1n) is 8.61. The summed E-state index contributed by atoms with van der Waals surface area (Å²) in [6.07, 6.45) is 11.7. The zero-order valence-electron chi connectivity index (χ0n) is 13.5. The topological polar surface area (TPSA) is 66.5 Å². The molecule has 1 unspecified atom stereocenters. The van der Waals surface area contributed by atoms with E-state index in [0.717, 1.165) is 31.4 Å². The van der Waals surface area contributed by atoms with Gasteiger partial charge >= 0.3 is 0 Å². The highest BCUT2D eigenvalue weighted by Crippen LogP contribution is 2.63. The van der Waals surface area contributed by atoms with Crippen LogP contribution < -0.4 is 5.73 Å². The number of allylic oxidation sites excluding steroid dienone is 4. The van der Waals surface area contributed by atoms with Crippen LogP contribution in [0.15, 0.2) is 35.6 Å². The van der Waals surface area contributed by atoms with Gasteiger partial charge in [-0.3, -0.25) is 0 Å². The molecular weight excluding hydrogens is 274 g/mol. The van der Waals surface area contributed by atoms with Crippen molar-refractivity contribution in [2.75, 3.05) is 0 Å². The molecule has 0 saturated heterocycles. The Hall–Kier alpha value is -1.06. The van der Waals surface area contributed by atoms with Crippen molar-refractivity contribution in [3.05, 3.63) is 35.6 Å². The second-order valence-corrected chi connectivity index (χ2v) is 8.30. The average Bonchev–Trinajstić information content (AvgIpc) is 2.77. The van der Waals surface area contributed by atoms with Crippen LogP contribution in [-0.2, 0) is 0 Å². The lowest BCUT2D eigenvalue weighted by atomic mass is 9.49. The van der Waals surface area contributed by atoms with Crippen molar-refractivity contribution in [3.8, 4) is 0 Å². The van der Waals surface area contributed by atoms with Crippen molar-refractivity contribution in [1.82, 2.24) is 0 Å². The van der Waals surface area contributed by atoms with E-state index in [2.05, 4.69) is 19.9 Å². The Morgan fingerprint density at radius 3 is 2.68 bits per heavy atom. The van der Waals surface area contributed by atoms with Gasteiger partial charge in [-0.05, 0) is 66.6 Å². The lowest BCUT2D eigenvalue weighted by molar-refractivity contribution is -0.0881. The van der Waals surface area contributed by atoms with Crippen molar-refractivity contribution in [3.63, 3.8) is 0 Å². The fraction of sp³-hybridized carbons (Fsp3) is 0.684. The molecule has 7 atom stereocenters. The van der Waals surface area contributed by atoms with Gasteiger partial charge in [0.25, 0.3) is 0 Å². The second-order valence-electron chi connectivity index (χ2n) is 8.30. The van der Waals surface area contributed by atoms with Gasteiger partial charge in [-0.25, -0.2) is 0 Å². The van der Waals surface area contributed by atoms with E-state index in [4.69, 9.17) is 5.73 Å². The van der Waals surface area contributed by atoms with E-state index in [1.165, 1.54) is 5.57 Å². The SMILES string of the molecule is C[C@]12C=CC(N)=CC1=C[C@H](O)[C@@H]1[C@@H]2CC[C@]2(C)C(O)CC[C@@H]12. The van der Waals surface area contributed by atoms with Gasteiger partial charge in [-0.2, -0.15) is 0 Å². The number of hydrogen-bond donors (Lipinski definition) is 3. The monoisotopic (exact) mass is 301 g/mol. The molecule has 4 aliphatic carbocycles. The Bertz CT molecular complexity index is 592. The molecule has 0 aromatic heterocycles. The lowest BCUT2D eigenvalue weighted by Gasteiger charge is -2.56. The van der Waals surface area contributed by atoms with Crippen LogP contribution >= 0.6 is 0 Å². The van der Waals surface area contributed by atoms with E-state index in [9.17, 15) is 10.2 Å². The minimum absolute atomic E-state index is 0.0168. The molecule has 0 aromatic carbocycles. The number of nitrogens with two attached hydrogens (primary N) is 1. The first kappa shape index (κ1) is 14.5. The van der Waals surface area contributed by atoms with Crippen molar-refractivity contribution in [2.24, 2.45) is 34.3 Å². The van der Waals surface area contributed by atoms with E-state index in [-0.39, 0.29) is 22.9 Å². The van der Waals surface area contributed by atoms with Crippen molar-refractivity contribution >= 4 is 0 Å². The third-order valence-electron chi connectivity index (χ3n) is 7.36. The van der Waals surface area contributed by atoms with E-state index in [0.29, 0.717) is 11.8 Å². The van der Waals surface area contributed by atoms with Crippen LogP contribution in [0.1, 0.15) is 39.5 Å². The summed E-state index contributed by atoms with van der Waals surface area (Å²) in [5.74, 6) is 1.11. The first-order chi connectivity index (χ1) is 10.4. The van der Waals surface area contributed by atoms with Crippen LogP contribution in [0.3, 0.4) is 0 Å². The highest BCUT2D eigenvalue weighted by atomic mass is 16.3. The number of aliphatic hydroxyl groups is 2. The molecule has 3 nitrogen and oxygen atoms in total. The van der Waals surface area contributed by atoms with Crippen LogP contribution in [0.5, 0.6) is 0 Å². The van der Waals surface area contributed by atoms with E-state index in [1.54, 1.807) is 0 Å². The first-order valence-corrected chi connectivity index (χ1v) is 8.61. The summed E-state index contributed by atoms with van der Waals surface area (Å²) in [5.41, 5.74) is 7.85. The Labute approximate surface area is 132 Å². The lowest BCUT2D eigenvalue weighted by Crippen LogP contribution is -2.53. The maximum absolute atomic E-state index is 10.8. The van der Waals surface area contributed by atoms with Crippen LogP contribution in [0.25, 0.3) is 0 Å². The highest BCUT2D eigenvalue weighted by molar-refractivity contribution is 5.45. The van der Waals surface area contributed by atoms with Crippen molar-refractivity contribution in [1.29, 1.82) is 0 Å². The molecule has 4 N–H and O–H groups in total. The third kappa shape index (κ3) is 1.70. The summed E-state index contributed by atoms with van der Waals surface area (Å²) in [4.78, 5) is 0. The Balaban J connectivity index is 1.79. The number of aliphatic hydroxyl groups excluding tert-OH is 2. The summed E-state index contributed by atoms with van der Waals surface area (Å²) in [5, 5.41) is 21.3. The van der Waals surface area contributed by atoms with Gasteiger partial charge in [0, 0.05) is 11.1 Å². The third-order valence-corrected chi connectivity index (χ3v) is 7.36. The molecule has 2 fully saturated rings. The summed E-state index contributed by atoms with van der Waals surface area (Å²) in [7, 11) is 0. The molecule has 120 valence electrons. The van der Waals surface area contributed by atoms with Gasteiger partial charge in [-0.15, -0.1) is 0 Å². The zero-order chi connectivity index (χ0) is 15.7. The molecule has 4 rings (SSSR count). The largest absolute Gasteiger partial charge is 0.399 e. The van der Waals surface area contributed by atoms with Gasteiger partial charge in [0.15, 0.2) is 0 Å². The molecule has 22 heavy (non-hydrogen) atoms. The Morgan fingerprint density at radius 2 is 1.91 bits per heavy atom. The summed E-state index contributed by atoms with van der Waals surface area (Å²) in [6.45, 7) is 4.52. The summed E-state index contributed by atoms with van der Waals surface area (Å²) >= 11 is 0. The van der Waals surface area contributed by atoms with Gasteiger partial charge < -0.3 is 15.9 Å². The molecule has 0 aromatic rings. The van der Waals surface area contributed by atoms with Gasteiger partial charge in [-0.1, -0.05) is 26.0 Å².